The summed E-state index contributed by atoms with van der Waals surface area (Å²) in [5, 5.41) is 3.92. The van der Waals surface area contributed by atoms with Gasteiger partial charge in [-0.15, -0.1) is 0 Å². The van der Waals surface area contributed by atoms with Gasteiger partial charge in [-0.2, -0.15) is 0 Å². The molecule has 0 aliphatic heterocycles. The second kappa shape index (κ2) is 14.4. The van der Waals surface area contributed by atoms with Gasteiger partial charge in [0.25, 0.3) is 0 Å². The molecule has 24 heavy (non-hydrogen) atoms. The van der Waals surface area contributed by atoms with E-state index in [1.807, 2.05) is 6.92 Å². The van der Waals surface area contributed by atoms with Crippen LogP contribution in [0.5, 0.6) is 0 Å². The molecule has 0 spiro atoms. The molecule has 0 saturated heterocycles. The Morgan fingerprint density at radius 2 is 1.42 bits per heavy atom. The second-order valence-corrected chi connectivity index (χ2v) is 7.17. The van der Waals surface area contributed by atoms with Gasteiger partial charge in [0.1, 0.15) is 0 Å². The number of oxime groups is 1. The molecular formula is C20H39NO3. The number of rotatable bonds is 15. The molecule has 0 amide bonds. The van der Waals surface area contributed by atoms with E-state index >= 15 is 0 Å². The molecule has 0 aliphatic carbocycles. The van der Waals surface area contributed by atoms with Crippen molar-refractivity contribution in [2.75, 3.05) is 13.7 Å². The summed E-state index contributed by atoms with van der Waals surface area (Å²) in [5.41, 5.74) is 0.263. The van der Waals surface area contributed by atoms with Crippen LogP contribution in [-0.2, 0) is 14.4 Å². The molecular weight excluding hydrogens is 302 g/mol. The first kappa shape index (κ1) is 23.1. The Kier molecular flexibility index (Phi) is 13.9. The Hall–Kier alpha value is -0.900. The summed E-state index contributed by atoms with van der Waals surface area (Å²) in [6.45, 7) is 8.66. The van der Waals surface area contributed by atoms with Crippen molar-refractivity contribution in [3.63, 3.8) is 0 Å². The van der Waals surface area contributed by atoms with Crippen molar-refractivity contribution in [1.82, 2.24) is 0 Å². The van der Waals surface area contributed by atoms with Crippen molar-refractivity contribution in [1.29, 1.82) is 0 Å². The minimum atomic E-state index is -0.420. The monoisotopic (exact) mass is 341 g/mol. The summed E-state index contributed by atoms with van der Waals surface area (Å²) in [5.74, 6) is -0.190. The van der Waals surface area contributed by atoms with Crippen LogP contribution in [0.15, 0.2) is 5.16 Å². The van der Waals surface area contributed by atoms with Crippen molar-refractivity contribution in [2.45, 2.75) is 98.3 Å². The third-order valence-electron chi connectivity index (χ3n) is 4.54. The SMILES string of the molecule is CCCCCCCC(C)(CCCCCC)C(=O)O/N=C(/C)COC. The van der Waals surface area contributed by atoms with Crippen molar-refractivity contribution in [3.8, 4) is 0 Å². The average molecular weight is 342 g/mol. The maximum Gasteiger partial charge on any atom is 0.340 e. The highest BCUT2D eigenvalue weighted by Gasteiger charge is 2.34. The zero-order valence-corrected chi connectivity index (χ0v) is 16.7. The van der Waals surface area contributed by atoms with Gasteiger partial charge in [0.2, 0.25) is 0 Å². The number of unbranched alkanes of at least 4 members (excludes halogenated alkanes) is 7. The van der Waals surface area contributed by atoms with Gasteiger partial charge in [0.15, 0.2) is 0 Å². The summed E-state index contributed by atoms with van der Waals surface area (Å²) >= 11 is 0. The number of hydrogen-bond donors (Lipinski definition) is 0. The summed E-state index contributed by atoms with van der Waals surface area (Å²) in [7, 11) is 1.61. The molecule has 0 radical (unpaired) electrons. The maximum absolute atomic E-state index is 12.6. The van der Waals surface area contributed by atoms with E-state index in [-0.39, 0.29) is 5.97 Å². The number of carbonyl (C=O) groups is 1. The summed E-state index contributed by atoms with van der Waals surface area (Å²) < 4.78 is 4.99. The molecule has 0 aromatic carbocycles. The molecule has 0 saturated carbocycles. The zero-order chi connectivity index (χ0) is 18.3. The first-order chi connectivity index (χ1) is 11.5. The van der Waals surface area contributed by atoms with E-state index in [0.717, 1.165) is 25.7 Å². The summed E-state index contributed by atoms with van der Waals surface area (Å²) in [6, 6.07) is 0. The van der Waals surface area contributed by atoms with Gasteiger partial charge in [-0.25, -0.2) is 4.79 Å². The zero-order valence-electron chi connectivity index (χ0n) is 16.7. The van der Waals surface area contributed by atoms with Crippen LogP contribution in [-0.4, -0.2) is 25.4 Å². The predicted octanol–water partition coefficient (Wildman–Crippen LogP) is 5.89. The number of hydrogen-bond acceptors (Lipinski definition) is 4. The van der Waals surface area contributed by atoms with Crippen LogP contribution in [0.2, 0.25) is 0 Å². The molecule has 1 unspecified atom stereocenters. The van der Waals surface area contributed by atoms with Gasteiger partial charge < -0.3 is 9.57 Å². The third-order valence-corrected chi connectivity index (χ3v) is 4.54. The Labute approximate surface area is 149 Å². The topological polar surface area (TPSA) is 47.9 Å². The average Bonchev–Trinajstić information content (AvgIpc) is 2.56. The van der Waals surface area contributed by atoms with E-state index in [0.29, 0.717) is 12.3 Å². The highest BCUT2D eigenvalue weighted by Crippen LogP contribution is 2.33. The van der Waals surface area contributed by atoms with Gasteiger partial charge in [0.05, 0.1) is 17.7 Å². The van der Waals surface area contributed by atoms with E-state index in [2.05, 4.69) is 19.0 Å². The second-order valence-electron chi connectivity index (χ2n) is 7.17. The molecule has 0 N–H and O–H groups in total. The lowest BCUT2D eigenvalue weighted by molar-refractivity contribution is -0.156. The van der Waals surface area contributed by atoms with Crippen molar-refractivity contribution < 1.29 is 14.4 Å². The predicted molar refractivity (Wildman–Crippen MR) is 101 cm³/mol. The van der Waals surface area contributed by atoms with Gasteiger partial charge in [-0.05, 0) is 26.7 Å². The normalized spacial score (nSPS) is 14.5. The molecule has 0 rings (SSSR count). The molecule has 0 heterocycles. The number of nitrogens with zero attached hydrogens (tertiary/aromatic N) is 1. The fourth-order valence-corrected chi connectivity index (χ4v) is 2.85. The standard InChI is InChI=1S/C20H39NO3/c1-6-8-10-12-14-16-20(4,15-13-11-9-7-2)19(22)24-21-18(3)17-23-5/h6-17H2,1-5H3/b21-18-. The Balaban J connectivity index is 4.57. The van der Waals surface area contributed by atoms with Crippen LogP contribution in [0.25, 0.3) is 0 Å². The lowest BCUT2D eigenvalue weighted by Crippen LogP contribution is -2.29. The van der Waals surface area contributed by atoms with E-state index < -0.39 is 5.41 Å². The van der Waals surface area contributed by atoms with Crippen molar-refractivity contribution in [3.05, 3.63) is 0 Å². The van der Waals surface area contributed by atoms with Crippen molar-refractivity contribution >= 4 is 11.7 Å². The van der Waals surface area contributed by atoms with Gasteiger partial charge in [-0.1, -0.05) is 76.8 Å². The first-order valence-electron chi connectivity index (χ1n) is 9.74. The molecule has 4 heteroatoms. The first-order valence-corrected chi connectivity index (χ1v) is 9.74. The molecule has 0 aromatic heterocycles. The highest BCUT2D eigenvalue weighted by atomic mass is 16.7. The lowest BCUT2D eigenvalue weighted by atomic mass is 9.80. The largest absolute Gasteiger partial charge is 0.379 e. The Bertz CT molecular complexity index is 355. The summed E-state index contributed by atoms with van der Waals surface area (Å²) in [6.07, 6.45) is 12.5. The number of ether oxygens (including phenoxy) is 1. The highest BCUT2D eigenvalue weighted by molar-refractivity contribution is 5.84. The fraction of sp³-hybridized carbons (Fsp3) is 0.900. The van der Waals surface area contributed by atoms with Crippen LogP contribution < -0.4 is 0 Å². The molecule has 0 fully saturated rings. The molecule has 142 valence electrons. The van der Waals surface area contributed by atoms with Crippen LogP contribution in [0, 0.1) is 5.41 Å². The molecule has 0 aliphatic rings. The van der Waals surface area contributed by atoms with Crippen LogP contribution in [0.4, 0.5) is 0 Å². The molecule has 0 bridgehead atoms. The minimum Gasteiger partial charge on any atom is -0.379 e. The van der Waals surface area contributed by atoms with E-state index in [1.165, 1.54) is 44.9 Å². The Morgan fingerprint density at radius 3 is 1.92 bits per heavy atom. The summed E-state index contributed by atoms with van der Waals surface area (Å²) in [4.78, 5) is 17.8. The van der Waals surface area contributed by atoms with Gasteiger partial charge in [0, 0.05) is 7.11 Å². The van der Waals surface area contributed by atoms with Crippen LogP contribution in [0.1, 0.15) is 98.3 Å². The van der Waals surface area contributed by atoms with E-state index in [9.17, 15) is 4.79 Å². The van der Waals surface area contributed by atoms with Gasteiger partial charge in [-0.3, -0.25) is 0 Å². The maximum atomic E-state index is 12.6. The smallest absolute Gasteiger partial charge is 0.340 e. The third kappa shape index (κ3) is 10.8. The van der Waals surface area contributed by atoms with Gasteiger partial charge >= 0.3 is 5.97 Å². The van der Waals surface area contributed by atoms with E-state index in [4.69, 9.17) is 9.57 Å². The fourth-order valence-electron chi connectivity index (χ4n) is 2.85. The van der Waals surface area contributed by atoms with E-state index in [1.54, 1.807) is 14.0 Å². The Morgan fingerprint density at radius 1 is 0.917 bits per heavy atom. The lowest BCUT2D eigenvalue weighted by Gasteiger charge is -2.26. The van der Waals surface area contributed by atoms with Crippen LogP contribution in [0.3, 0.4) is 0 Å². The minimum absolute atomic E-state index is 0.190. The van der Waals surface area contributed by atoms with Crippen molar-refractivity contribution in [2.24, 2.45) is 10.6 Å². The molecule has 1 atom stereocenters. The molecule has 0 aromatic rings. The number of methoxy groups -OCH3 is 1. The molecule has 4 nitrogen and oxygen atoms in total. The number of carbonyl (C=O) groups excluding carboxylic acids is 1. The quantitative estimate of drug-likeness (QED) is 0.161. The van der Waals surface area contributed by atoms with Crippen LogP contribution >= 0.6 is 0 Å².